The number of carbonyl (C=O) groups excluding carboxylic acids is 1. The molecule has 0 aliphatic heterocycles. The fourth-order valence-electron chi connectivity index (χ4n) is 3.69. The average molecular weight is 426 g/mol. The predicted octanol–water partition coefficient (Wildman–Crippen LogP) is 2.65. The maximum atomic E-state index is 12.5. The number of benzene rings is 1. The third-order valence-corrected chi connectivity index (χ3v) is 6.22. The van der Waals surface area contributed by atoms with Crippen LogP contribution in [0.2, 0.25) is 0 Å². The van der Waals surface area contributed by atoms with E-state index in [0.717, 1.165) is 42.5 Å². The van der Waals surface area contributed by atoms with Crippen molar-refractivity contribution < 1.29 is 13.2 Å². The smallest absolute Gasteiger partial charge is 0.306 e. The number of nitrogens with zero attached hydrogens (tertiary/aromatic N) is 2. The molecule has 7 nitrogen and oxygen atoms in total. The van der Waals surface area contributed by atoms with E-state index in [2.05, 4.69) is 27.3 Å². The van der Waals surface area contributed by atoms with Crippen LogP contribution >= 0.6 is 0 Å². The summed E-state index contributed by atoms with van der Waals surface area (Å²) in [6.45, 7) is 3.79. The van der Waals surface area contributed by atoms with Crippen molar-refractivity contribution in [3.05, 3.63) is 46.7 Å². The zero-order chi connectivity index (χ0) is 19.2. The number of nitrogens with one attached hydrogen (secondary N) is 2. The average Bonchev–Trinajstić information content (AvgIpc) is 3.34. The minimum absolute atomic E-state index is 0. The summed E-state index contributed by atoms with van der Waals surface area (Å²) in [6, 6.07) is 2.85. The van der Waals surface area contributed by atoms with Crippen LogP contribution in [-0.2, 0) is 29.3 Å². The number of aryl methyl sites for hydroxylation is 1. The van der Waals surface area contributed by atoms with Crippen LogP contribution in [0.15, 0.2) is 29.4 Å². The van der Waals surface area contributed by atoms with E-state index in [0.29, 0.717) is 0 Å². The predicted molar refractivity (Wildman–Crippen MR) is 109 cm³/mol. The number of urea groups is 1. The number of sulfonamides is 1. The first-order valence-corrected chi connectivity index (χ1v) is 10.6. The van der Waals surface area contributed by atoms with Crippen LogP contribution in [0.5, 0.6) is 0 Å². The van der Waals surface area contributed by atoms with Crippen molar-refractivity contribution in [2.24, 2.45) is 0 Å². The van der Waals surface area contributed by atoms with Gasteiger partial charge < -0.3 is 5.32 Å². The van der Waals surface area contributed by atoms with Gasteiger partial charge in [-0.15, -0.1) is 0 Å². The first-order chi connectivity index (χ1) is 12.8. The largest absolute Gasteiger partial charge is 0.333 e. The third-order valence-electron chi connectivity index (χ3n) is 5.00. The van der Waals surface area contributed by atoms with Gasteiger partial charge in [-0.3, -0.25) is 4.68 Å². The zero-order valence-corrected chi connectivity index (χ0v) is 20.3. The molecular formula is C19H22KN4O3S. The Balaban J connectivity index is 0.00000225. The Morgan fingerprint density at radius 1 is 1.25 bits per heavy atom. The number of hydrogen-bond donors (Lipinski definition) is 2. The minimum Gasteiger partial charge on any atom is -0.306 e. The van der Waals surface area contributed by atoms with E-state index in [-0.39, 0.29) is 62.5 Å². The van der Waals surface area contributed by atoms with Gasteiger partial charge in [-0.2, -0.15) is 13.5 Å². The van der Waals surface area contributed by atoms with Crippen molar-refractivity contribution in [1.29, 1.82) is 0 Å². The maximum Gasteiger partial charge on any atom is 0.333 e. The van der Waals surface area contributed by atoms with E-state index in [1.54, 1.807) is 6.20 Å². The minimum atomic E-state index is -4.03. The molecule has 2 N–H and O–H groups in total. The second-order valence-corrected chi connectivity index (χ2v) is 8.84. The van der Waals surface area contributed by atoms with E-state index in [4.69, 9.17) is 0 Å². The number of hydrogen-bond acceptors (Lipinski definition) is 4. The quantitative estimate of drug-likeness (QED) is 0.737. The molecule has 1 radical (unpaired) electrons. The summed E-state index contributed by atoms with van der Waals surface area (Å²) in [7, 11) is -4.03. The fraction of sp³-hybridized carbons (Fsp3) is 0.368. The molecule has 1 aromatic carbocycles. The normalized spacial score (nSPS) is 14.5. The van der Waals surface area contributed by atoms with Crippen LogP contribution in [0.3, 0.4) is 0 Å². The molecule has 0 saturated heterocycles. The van der Waals surface area contributed by atoms with E-state index in [1.807, 2.05) is 19.9 Å². The number of aromatic nitrogens is 2. The number of carbonyl (C=O) groups is 1. The SMILES string of the molecule is CC(C)n1ccc(S(=O)(=O)NC(=O)Nc2c3c(cc4c2CCC4)CC=C3)n1.[K]. The van der Waals surface area contributed by atoms with Crippen molar-refractivity contribution in [3.8, 4) is 0 Å². The molecule has 0 bridgehead atoms. The summed E-state index contributed by atoms with van der Waals surface area (Å²) in [5, 5.41) is 6.64. The molecule has 28 heavy (non-hydrogen) atoms. The van der Waals surface area contributed by atoms with Gasteiger partial charge in [0.05, 0.1) is 5.69 Å². The molecule has 0 unspecified atom stereocenters. The number of anilines is 1. The Morgan fingerprint density at radius 2 is 2.04 bits per heavy atom. The molecule has 2 aromatic rings. The molecule has 1 heterocycles. The van der Waals surface area contributed by atoms with E-state index >= 15 is 0 Å². The Kier molecular flexibility index (Phi) is 6.53. The second kappa shape index (κ2) is 8.41. The summed E-state index contributed by atoms with van der Waals surface area (Å²) in [4.78, 5) is 12.5. The molecule has 0 fully saturated rings. The van der Waals surface area contributed by atoms with E-state index < -0.39 is 16.1 Å². The number of rotatable bonds is 4. The molecule has 2 amide bonds. The van der Waals surface area contributed by atoms with Crippen LogP contribution in [0, 0.1) is 0 Å². The standard InChI is InChI=1S/C19H22N4O3S.K/c1-12(2)23-10-9-17(21-23)27(25,26)22-19(24)20-18-15-7-3-5-13(15)11-14-6-4-8-16(14)18;/h3,7,9-12H,4-6,8H2,1-2H3,(H2,20,22,24);. The topological polar surface area (TPSA) is 93.1 Å². The Hall–Kier alpha value is -0.974. The molecular weight excluding hydrogens is 403 g/mol. The van der Waals surface area contributed by atoms with Gasteiger partial charge in [-0.05, 0) is 62.3 Å². The van der Waals surface area contributed by atoms with Gasteiger partial charge in [0, 0.05) is 69.2 Å². The van der Waals surface area contributed by atoms with E-state index in [1.165, 1.54) is 21.9 Å². The third kappa shape index (κ3) is 4.15. The van der Waals surface area contributed by atoms with Gasteiger partial charge in [0.1, 0.15) is 0 Å². The maximum absolute atomic E-state index is 12.5. The van der Waals surface area contributed by atoms with Crippen molar-refractivity contribution in [3.63, 3.8) is 0 Å². The van der Waals surface area contributed by atoms with Gasteiger partial charge in [-0.1, -0.05) is 18.2 Å². The first kappa shape index (κ1) is 21.7. The summed E-state index contributed by atoms with van der Waals surface area (Å²) < 4.78 is 28.6. The Bertz CT molecular complexity index is 1060. The van der Waals surface area contributed by atoms with Gasteiger partial charge in [0.15, 0.2) is 5.03 Å². The zero-order valence-electron chi connectivity index (χ0n) is 16.3. The monoisotopic (exact) mass is 425 g/mol. The molecule has 143 valence electrons. The van der Waals surface area contributed by atoms with Gasteiger partial charge in [0.2, 0.25) is 0 Å². The summed E-state index contributed by atoms with van der Waals surface area (Å²) in [6.07, 6.45) is 9.38. The Labute approximate surface area is 207 Å². The Morgan fingerprint density at radius 3 is 2.75 bits per heavy atom. The summed E-state index contributed by atoms with van der Waals surface area (Å²) in [5.74, 6) is 0. The molecule has 0 saturated carbocycles. The number of allylic oxidation sites excluding steroid dienone is 1. The van der Waals surface area contributed by atoms with Crippen molar-refractivity contribution in [2.75, 3.05) is 5.32 Å². The fourth-order valence-corrected chi connectivity index (χ4v) is 4.54. The van der Waals surface area contributed by atoms with Crippen LogP contribution in [0.4, 0.5) is 10.5 Å². The van der Waals surface area contributed by atoms with Crippen molar-refractivity contribution in [1.82, 2.24) is 14.5 Å². The number of amides is 2. The van der Waals surface area contributed by atoms with Crippen molar-refractivity contribution in [2.45, 2.75) is 50.6 Å². The number of fused-ring (bicyclic) bond motifs is 2. The van der Waals surface area contributed by atoms with Crippen molar-refractivity contribution >= 4 is 79.2 Å². The second-order valence-electron chi connectivity index (χ2n) is 7.21. The molecule has 9 heteroatoms. The van der Waals surface area contributed by atoms with E-state index in [9.17, 15) is 13.2 Å². The van der Waals surface area contributed by atoms with Crippen LogP contribution < -0.4 is 10.0 Å². The molecule has 0 spiro atoms. The summed E-state index contributed by atoms with van der Waals surface area (Å²) in [5.41, 5.74) is 5.23. The van der Waals surface area contributed by atoms with Crippen LogP contribution in [0.1, 0.15) is 48.6 Å². The molecule has 4 rings (SSSR count). The summed E-state index contributed by atoms with van der Waals surface area (Å²) >= 11 is 0. The van der Waals surface area contributed by atoms with Gasteiger partial charge in [0.25, 0.3) is 10.0 Å². The molecule has 0 atom stereocenters. The van der Waals surface area contributed by atoms with Gasteiger partial charge >= 0.3 is 6.03 Å². The molecule has 2 aliphatic carbocycles. The molecule has 1 aromatic heterocycles. The van der Waals surface area contributed by atoms with Crippen LogP contribution in [-0.4, -0.2) is 75.6 Å². The van der Waals surface area contributed by atoms with Crippen LogP contribution in [0.25, 0.3) is 6.08 Å². The van der Waals surface area contributed by atoms with Gasteiger partial charge in [-0.25, -0.2) is 9.52 Å². The molecule has 2 aliphatic rings. The first-order valence-electron chi connectivity index (χ1n) is 9.08.